The molecular weight excluding hydrogens is 291 g/mol. The van der Waals surface area contributed by atoms with Crippen molar-refractivity contribution >= 4 is 34.6 Å². The van der Waals surface area contributed by atoms with Gasteiger partial charge < -0.3 is 10.7 Å². The van der Waals surface area contributed by atoms with Gasteiger partial charge in [0, 0.05) is 0 Å². The average molecular weight is 299 g/mol. The van der Waals surface area contributed by atoms with Gasteiger partial charge in [0.15, 0.2) is 5.82 Å². The zero-order valence-electron chi connectivity index (χ0n) is 9.80. The van der Waals surface area contributed by atoms with Crippen LogP contribution in [0.2, 0.25) is 5.02 Å². The van der Waals surface area contributed by atoms with Crippen LogP contribution < -0.4 is 16.6 Å². The summed E-state index contributed by atoms with van der Waals surface area (Å²) < 4.78 is 13.8. The number of nitrogen functional groups attached to an aromatic ring is 1. The first-order chi connectivity index (χ1) is 9.54. The van der Waals surface area contributed by atoms with E-state index in [1.165, 1.54) is 18.2 Å². The third-order valence-electron chi connectivity index (χ3n) is 2.35. The summed E-state index contributed by atoms with van der Waals surface area (Å²) in [5, 5.41) is 13.4. The maximum Gasteiger partial charge on any atom is 0.354 e. The second-order valence-corrected chi connectivity index (χ2v) is 3.95. The molecule has 0 atom stereocenters. The summed E-state index contributed by atoms with van der Waals surface area (Å²) in [5.41, 5.74) is 1.52. The highest BCUT2D eigenvalue weighted by molar-refractivity contribution is 6.31. The van der Waals surface area contributed by atoms with Crippen molar-refractivity contribution in [3.8, 4) is 0 Å². The number of hydrogen-bond acceptors (Lipinski definition) is 7. The van der Waals surface area contributed by atoms with Gasteiger partial charge in [0.05, 0.1) is 15.6 Å². The molecule has 4 N–H and O–H groups in total. The fourth-order valence-corrected chi connectivity index (χ4v) is 1.65. The molecule has 1 heterocycles. The normalized spacial score (nSPS) is 10.2. The molecule has 20 heavy (non-hydrogen) atoms. The maximum absolute atomic E-state index is 13.8. The fraction of sp³-hybridized carbons (Fsp3) is 0. The lowest BCUT2D eigenvalue weighted by atomic mass is 10.3. The van der Waals surface area contributed by atoms with Crippen LogP contribution in [0.1, 0.15) is 0 Å². The summed E-state index contributed by atoms with van der Waals surface area (Å²) in [6, 6.07) is 4.20. The number of aromatic nitrogens is 2. The van der Waals surface area contributed by atoms with E-state index < -0.39 is 16.4 Å². The van der Waals surface area contributed by atoms with Gasteiger partial charge in [-0.05, 0) is 12.1 Å². The first-order valence-corrected chi connectivity index (χ1v) is 5.59. The molecule has 0 bridgehead atoms. The van der Waals surface area contributed by atoms with Gasteiger partial charge in [-0.1, -0.05) is 17.7 Å². The minimum atomic E-state index is -0.746. The van der Waals surface area contributed by atoms with Crippen LogP contribution in [0.25, 0.3) is 0 Å². The van der Waals surface area contributed by atoms with E-state index in [1.807, 2.05) is 0 Å². The van der Waals surface area contributed by atoms with Crippen molar-refractivity contribution in [2.24, 2.45) is 5.84 Å². The predicted octanol–water partition coefficient (Wildman–Crippen LogP) is 2.21. The number of nitrogens with zero attached hydrogens (tertiary/aromatic N) is 3. The van der Waals surface area contributed by atoms with Crippen LogP contribution in [0, 0.1) is 15.9 Å². The Morgan fingerprint density at radius 3 is 2.70 bits per heavy atom. The van der Waals surface area contributed by atoms with E-state index in [0.29, 0.717) is 0 Å². The van der Waals surface area contributed by atoms with Gasteiger partial charge in [-0.3, -0.25) is 10.1 Å². The molecule has 8 nitrogen and oxygen atoms in total. The third kappa shape index (κ3) is 2.58. The molecule has 0 aliphatic carbocycles. The molecule has 10 heteroatoms. The highest BCUT2D eigenvalue weighted by Gasteiger charge is 2.23. The molecule has 0 radical (unpaired) electrons. The van der Waals surface area contributed by atoms with Crippen molar-refractivity contribution in [2.75, 3.05) is 10.7 Å². The number of anilines is 3. The highest BCUT2D eigenvalue weighted by atomic mass is 35.5. The first kappa shape index (κ1) is 13.9. The monoisotopic (exact) mass is 298 g/mol. The van der Waals surface area contributed by atoms with E-state index in [2.05, 4.69) is 20.7 Å². The Bertz CT molecular complexity index is 668. The number of nitrogens with two attached hydrogens (primary N) is 1. The first-order valence-electron chi connectivity index (χ1n) is 5.21. The summed E-state index contributed by atoms with van der Waals surface area (Å²) in [6.45, 7) is 0. The Morgan fingerprint density at radius 1 is 1.35 bits per heavy atom. The molecule has 0 aliphatic heterocycles. The van der Waals surface area contributed by atoms with Crippen LogP contribution >= 0.6 is 11.6 Å². The number of halogens is 2. The predicted molar refractivity (Wildman–Crippen MR) is 71.2 cm³/mol. The van der Waals surface area contributed by atoms with Crippen LogP contribution in [0.3, 0.4) is 0 Å². The fourth-order valence-electron chi connectivity index (χ4n) is 1.48. The van der Waals surface area contributed by atoms with E-state index >= 15 is 0 Å². The van der Waals surface area contributed by atoms with Crippen LogP contribution in [0.15, 0.2) is 24.5 Å². The minimum Gasteiger partial charge on any atom is -0.332 e. The molecule has 1 aromatic carbocycles. The van der Waals surface area contributed by atoms with Gasteiger partial charge in [0.25, 0.3) is 0 Å². The van der Waals surface area contributed by atoms with Crippen LogP contribution in [0.4, 0.5) is 27.4 Å². The summed E-state index contributed by atoms with van der Waals surface area (Å²) in [5.74, 6) is 3.98. The minimum absolute atomic E-state index is 0.0535. The van der Waals surface area contributed by atoms with Crippen molar-refractivity contribution in [3.05, 3.63) is 45.5 Å². The molecule has 0 spiro atoms. The SMILES string of the molecule is NNc1ncnc(Nc2cccc(Cl)c2F)c1[N+](=O)[O-]. The molecule has 0 amide bonds. The van der Waals surface area contributed by atoms with Crippen LogP contribution in [-0.2, 0) is 0 Å². The third-order valence-corrected chi connectivity index (χ3v) is 2.64. The quantitative estimate of drug-likeness (QED) is 0.449. The molecule has 104 valence electrons. The summed E-state index contributed by atoms with van der Waals surface area (Å²) >= 11 is 5.63. The molecule has 0 saturated carbocycles. The van der Waals surface area contributed by atoms with Gasteiger partial charge in [0.1, 0.15) is 6.33 Å². The van der Waals surface area contributed by atoms with Crippen molar-refractivity contribution in [2.45, 2.75) is 0 Å². The Balaban J connectivity index is 2.48. The number of rotatable bonds is 4. The van der Waals surface area contributed by atoms with E-state index in [1.54, 1.807) is 0 Å². The Morgan fingerprint density at radius 2 is 2.05 bits per heavy atom. The van der Waals surface area contributed by atoms with Crippen molar-refractivity contribution < 1.29 is 9.31 Å². The molecule has 0 unspecified atom stereocenters. The lowest BCUT2D eigenvalue weighted by molar-refractivity contribution is -0.383. The van der Waals surface area contributed by atoms with E-state index in [0.717, 1.165) is 6.33 Å². The number of nitro groups is 1. The topological polar surface area (TPSA) is 119 Å². The van der Waals surface area contributed by atoms with Crippen molar-refractivity contribution in [1.82, 2.24) is 9.97 Å². The Kier molecular flexibility index (Phi) is 3.91. The molecule has 0 aliphatic rings. The smallest absolute Gasteiger partial charge is 0.332 e. The molecule has 2 rings (SSSR count). The summed E-state index contributed by atoms with van der Waals surface area (Å²) in [7, 11) is 0. The summed E-state index contributed by atoms with van der Waals surface area (Å²) in [4.78, 5) is 17.6. The average Bonchev–Trinajstić information content (AvgIpc) is 2.43. The van der Waals surface area contributed by atoms with Crippen LogP contribution in [-0.4, -0.2) is 14.9 Å². The van der Waals surface area contributed by atoms with Crippen molar-refractivity contribution in [1.29, 1.82) is 0 Å². The van der Waals surface area contributed by atoms with Gasteiger partial charge in [-0.2, -0.15) is 0 Å². The Hall–Kier alpha value is -2.52. The second kappa shape index (κ2) is 5.63. The molecule has 0 fully saturated rings. The number of benzene rings is 1. The number of hydrazine groups is 1. The zero-order chi connectivity index (χ0) is 14.7. The number of hydrogen-bond donors (Lipinski definition) is 3. The van der Waals surface area contributed by atoms with Crippen LogP contribution in [0.5, 0.6) is 0 Å². The molecule has 2 aromatic rings. The van der Waals surface area contributed by atoms with E-state index in [9.17, 15) is 14.5 Å². The van der Waals surface area contributed by atoms with E-state index in [4.69, 9.17) is 17.4 Å². The van der Waals surface area contributed by atoms with Gasteiger partial charge in [-0.25, -0.2) is 20.2 Å². The maximum atomic E-state index is 13.8. The van der Waals surface area contributed by atoms with Gasteiger partial charge >= 0.3 is 5.69 Å². The standard InChI is InChI=1S/C10H8ClFN6O2/c11-5-2-1-3-6(7(5)12)16-9-8(18(19)20)10(17-13)15-4-14-9/h1-4H,13H2,(H2,14,15,16,17). The molecule has 0 saturated heterocycles. The number of nitrogens with one attached hydrogen (secondary N) is 2. The molecular formula is C10H8ClFN6O2. The second-order valence-electron chi connectivity index (χ2n) is 3.55. The van der Waals surface area contributed by atoms with Gasteiger partial charge in [-0.15, -0.1) is 0 Å². The Labute approximate surface area is 116 Å². The van der Waals surface area contributed by atoms with Crippen molar-refractivity contribution in [3.63, 3.8) is 0 Å². The summed E-state index contributed by atoms with van der Waals surface area (Å²) in [6.07, 6.45) is 1.05. The lowest BCUT2D eigenvalue weighted by Crippen LogP contribution is -2.13. The largest absolute Gasteiger partial charge is 0.354 e. The lowest BCUT2D eigenvalue weighted by Gasteiger charge is -2.09. The zero-order valence-corrected chi connectivity index (χ0v) is 10.6. The highest BCUT2D eigenvalue weighted by Crippen LogP contribution is 2.32. The van der Waals surface area contributed by atoms with E-state index in [-0.39, 0.29) is 22.3 Å². The molecule has 1 aromatic heterocycles. The van der Waals surface area contributed by atoms with Gasteiger partial charge in [0.2, 0.25) is 11.6 Å².